The summed E-state index contributed by atoms with van der Waals surface area (Å²) in [7, 11) is 0. The van der Waals surface area contributed by atoms with E-state index in [1.54, 1.807) is 13.8 Å². The molecule has 0 spiro atoms. The van der Waals surface area contributed by atoms with Gasteiger partial charge in [0, 0.05) is 6.04 Å². The van der Waals surface area contributed by atoms with E-state index in [9.17, 15) is 4.79 Å². The van der Waals surface area contributed by atoms with E-state index >= 15 is 0 Å². The van der Waals surface area contributed by atoms with E-state index in [4.69, 9.17) is 13.9 Å². The molecule has 0 saturated carbocycles. The Morgan fingerprint density at radius 3 is 2.18 bits per heavy atom. The lowest BCUT2D eigenvalue weighted by Crippen LogP contribution is -2.43. The molecule has 0 saturated heterocycles. The van der Waals surface area contributed by atoms with E-state index in [0.717, 1.165) is 29.5 Å². The summed E-state index contributed by atoms with van der Waals surface area (Å²) in [6.45, 7) is 13.2. The highest BCUT2D eigenvalue weighted by Gasteiger charge is 2.34. The molecule has 0 amide bonds. The average molecular weight is 453 g/mol. The first-order valence-corrected chi connectivity index (χ1v) is 11.7. The summed E-state index contributed by atoms with van der Waals surface area (Å²) in [6.07, 6.45) is 1.76. The Balaban J connectivity index is 1.70. The third-order valence-electron chi connectivity index (χ3n) is 5.37. The largest absolute Gasteiger partial charge is 0.476 e. The first-order valence-electron chi connectivity index (χ1n) is 11.7. The van der Waals surface area contributed by atoms with Crippen LogP contribution in [0.25, 0.3) is 11.1 Å². The van der Waals surface area contributed by atoms with Gasteiger partial charge < -0.3 is 13.9 Å². The van der Waals surface area contributed by atoms with Gasteiger partial charge in [-0.15, -0.1) is 0 Å². The highest BCUT2D eigenvalue weighted by Crippen LogP contribution is 2.29. The molecule has 0 bridgehead atoms. The van der Waals surface area contributed by atoms with E-state index in [1.807, 2.05) is 69.3 Å². The molecular weight excluding hydrogens is 416 g/mol. The number of oxazole rings is 1. The van der Waals surface area contributed by atoms with E-state index in [2.05, 4.69) is 24.1 Å². The zero-order valence-corrected chi connectivity index (χ0v) is 20.8. The second-order valence-electron chi connectivity index (χ2n) is 9.79. The number of benzene rings is 2. The average Bonchev–Trinajstić information content (AvgIpc) is 3.18. The minimum absolute atomic E-state index is 0.00405. The van der Waals surface area contributed by atoms with Crippen molar-refractivity contribution in [2.24, 2.45) is 0 Å². The second-order valence-corrected chi connectivity index (χ2v) is 9.79. The number of nitrogens with zero attached hydrogens (tertiary/aromatic N) is 1. The van der Waals surface area contributed by atoms with Gasteiger partial charge in [0.15, 0.2) is 11.2 Å². The number of hydrogen-bond acceptors (Lipinski definition) is 6. The van der Waals surface area contributed by atoms with Crippen molar-refractivity contribution in [3.8, 4) is 5.75 Å². The number of aromatic nitrogens is 1. The van der Waals surface area contributed by atoms with Gasteiger partial charge in [-0.3, -0.25) is 5.32 Å². The van der Waals surface area contributed by atoms with Crippen LogP contribution in [0.4, 0.5) is 0 Å². The van der Waals surface area contributed by atoms with Gasteiger partial charge in [-0.05, 0) is 77.3 Å². The van der Waals surface area contributed by atoms with Crippen LogP contribution in [0, 0.1) is 0 Å². The summed E-state index contributed by atoms with van der Waals surface area (Å²) >= 11 is 0. The molecule has 3 rings (SSSR count). The Morgan fingerprint density at radius 1 is 0.970 bits per heavy atom. The van der Waals surface area contributed by atoms with Crippen LogP contribution in [0.1, 0.15) is 84.8 Å². The molecule has 1 aromatic heterocycles. The molecule has 0 radical (unpaired) electrons. The summed E-state index contributed by atoms with van der Waals surface area (Å²) in [5, 5.41) is 3.69. The van der Waals surface area contributed by atoms with E-state index in [1.165, 1.54) is 0 Å². The summed E-state index contributed by atoms with van der Waals surface area (Å²) in [5.74, 6) is 0.933. The molecule has 33 heavy (non-hydrogen) atoms. The van der Waals surface area contributed by atoms with Crippen molar-refractivity contribution in [3.05, 3.63) is 60.0 Å². The molecule has 0 aliphatic heterocycles. The summed E-state index contributed by atoms with van der Waals surface area (Å²) in [4.78, 5) is 17.2. The molecule has 178 valence electrons. The van der Waals surface area contributed by atoms with E-state index < -0.39 is 17.2 Å². The van der Waals surface area contributed by atoms with Gasteiger partial charge in [-0.25, -0.2) is 9.78 Å². The third-order valence-corrected chi connectivity index (χ3v) is 5.37. The first-order chi connectivity index (χ1) is 15.5. The number of fused-ring (bicyclic) bond motifs is 1. The topological polar surface area (TPSA) is 73.6 Å². The number of para-hydroxylation sites is 2. The van der Waals surface area contributed by atoms with Crippen LogP contribution >= 0.6 is 0 Å². The van der Waals surface area contributed by atoms with Gasteiger partial charge in [0.05, 0.1) is 6.04 Å². The molecule has 2 atom stereocenters. The van der Waals surface area contributed by atoms with Crippen LogP contribution in [0.5, 0.6) is 5.75 Å². The Hall–Kier alpha value is -2.86. The van der Waals surface area contributed by atoms with Crippen molar-refractivity contribution < 1.29 is 18.7 Å². The van der Waals surface area contributed by atoms with Crippen molar-refractivity contribution in [2.75, 3.05) is 0 Å². The third kappa shape index (κ3) is 6.35. The molecular formula is C27H36N2O4. The number of nitrogens with one attached hydrogen (secondary N) is 1. The maximum absolute atomic E-state index is 12.5. The molecule has 6 heteroatoms. The molecule has 2 aromatic carbocycles. The van der Waals surface area contributed by atoms with Gasteiger partial charge in [0.2, 0.25) is 5.89 Å². The fourth-order valence-corrected chi connectivity index (χ4v) is 3.60. The minimum atomic E-state index is -1.09. The molecule has 6 nitrogen and oxygen atoms in total. The van der Waals surface area contributed by atoms with Crippen molar-refractivity contribution in [1.29, 1.82) is 0 Å². The summed E-state index contributed by atoms with van der Waals surface area (Å²) in [5.41, 5.74) is 1.16. The van der Waals surface area contributed by atoms with Crippen molar-refractivity contribution in [1.82, 2.24) is 10.3 Å². The van der Waals surface area contributed by atoms with Crippen LogP contribution in [0.2, 0.25) is 0 Å². The molecule has 1 N–H and O–H groups in total. The number of ether oxygens (including phenoxy) is 2. The number of carbonyl (C=O) groups excluding carboxylic acids is 1. The molecule has 2 unspecified atom stereocenters. The Labute approximate surface area is 196 Å². The Bertz CT molecular complexity index is 1030. The zero-order valence-electron chi connectivity index (χ0n) is 20.8. The SMILES string of the molecule is CCC(NC(CC)c1nc2ccccc2o1)c1ccc(OC(C)(C)C(=O)OC(C)(C)C)cc1. The monoisotopic (exact) mass is 452 g/mol. The molecule has 3 aromatic rings. The molecule has 1 heterocycles. The van der Waals surface area contributed by atoms with Gasteiger partial charge in [-0.1, -0.05) is 38.1 Å². The first kappa shape index (κ1) is 24.8. The standard InChI is InChI=1S/C27H36N2O4/c1-8-20(28-21(9-2)24-29-22-12-10-11-13-23(22)31-24)18-14-16-19(17-15-18)32-27(6,7)25(30)33-26(3,4)5/h10-17,20-21,28H,8-9H2,1-7H3. The van der Waals surface area contributed by atoms with Crippen LogP contribution < -0.4 is 10.1 Å². The highest BCUT2D eigenvalue weighted by molar-refractivity contribution is 5.79. The molecule has 0 aliphatic carbocycles. The maximum Gasteiger partial charge on any atom is 0.350 e. The van der Waals surface area contributed by atoms with E-state index in [0.29, 0.717) is 11.6 Å². The number of esters is 1. The van der Waals surface area contributed by atoms with Crippen LogP contribution in [-0.4, -0.2) is 22.2 Å². The quantitative estimate of drug-likeness (QED) is 0.373. The normalized spacial score (nSPS) is 14.2. The lowest BCUT2D eigenvalue weighted by molar-refractivity contribution is -0.170. The summed E-state index contributed by atoms with van der Waals surface area (Å²) < 4.78 is 17.4. The lowest BCUT2D eigenvalue weighted by Gasteiger charge is -2.29. The minimum Gasteiger partial charge on any atom is -0.476 e. The van der Waals surface area contributed by atoms with Gasteiger partial charge in [0.25, 0.3) is 0 Å². The molecule has 0 fully saturated rings. The number of rotatable bonds is 9. The zero-order chi connectivity index (χ0) is 24.2. The second kappa shape index (κ2) is 9.96. The fourth-order valence-electron chi connectivity index (χ4n) is 3.60. The van der Waals surface area contributed by atoms with E-state index in [-0.39, 0.29) is 12.1 Å². The molecule has 0 aliphatic rings. The predicted octanol–water partition coefficient (Wildman–Crippen LogP) is 6.52. The van der Waals surface area contributed by atoms with Gasteiger partial charge in [-0.2, -0.15) is 0 Å². The maximum atomic E-state index is 12.5. The van der Waals surface area contributed by atoms with Gasteiger partial charge in [0.1, 0.15) is 16.9 Å². The predicted molar refractivity (Wildman–Crippen MR) is 130 cm³/mol. The Kier molecular flexibility index (Phi) is 7.48. The smallest absolute Gasteiger partial charge is 0.350 e. The summed E-state index contributed by atoms with van der Waals surface area (Å²) in [6, 6.07) is 15.8. The number of hydrogen-bond donors (Lipinski definition) is 1. The van der Waals surface area contributed by atoms with Crippen molar-refractivity contribution in [3.63, 3.8) is 0 Å². The van der Waals surface area contributed by atoms with Gasteiger partial charge >= 0.3 is 5.97 Å². The van der Waals surface area contributed by atoms with Crippen molar-refractivity contribution >= 4 is 17.1 Å². The van der Waals surface area contributed by atoms with Crippen LogP contribution in [-0.2, 0) is 9.53 Å². The lowest BCUT2D eigenvalue weighted by atomic mass is 10.0. The Morgan fingerprint density at radius 2 is 1.61 bits per heavy atom. The van der Waals surface area contributed by atoms with Crippen molar-refractivity contribution in [2.45, 2.75) is 84.6 Å². The van der Waals surface area contributed by atoms with Crippen LogP contribution in [0.3, 0.4) is 0 Å². The number of carbonyl (C=O) groups is 1. The fraction of sp³-hybridized carbons (Fsp3) is 0.481. The van der Waals surface area contributed by atoms with Crippen LogP contribution in [0.15, 0.2) is 52.9 Å². The highest BCUT2D eigenvalue weighted by atomic mass is 16.6.